The first kappa shape index (κ1) is 38.8. The fourth-order valence-electron chi connectivity index (χ4n) is 5.58. The number of carboxylic acids is 1. The summed E-state index contributed by atoms with van der Waals surface area (Å²) in [7, 11) is 0. The van der Waals surface area contributed by atoms with Gasteiger partial charge >= 0.3 is 5.97 Å². The third kappa shape index (κ3) is 11.0. The van der Waals surface area contributed by atoms with E-state index in [2.05, 4.69) is 14.3 Å². The van der Waals surface area contributed by atoms with E-state index in [4.69, 9.17) is 9.47 Å². The number of benzene rings is 4. The van der Waals surface area contributed by atoms with Crippen molar-refractivity contribution < 1.29 is 41.7 Å². The molecule has 0 radical (unpaired) electrons. The molecule has 6 rings (SSSR count). The van der Waals surface area contributed by atoms with E-state index in [1.165, 1.54) is 18.2 Å². The Kier molecular flexibility index (Phi) is 14.8. The summed E-state index contributed by atoms with van der Waals surface area (Å²) >= 11 is -5.13. The predicted molar refractivity (Wildman–Crippen MR) is 198 cm³/mol. The van der Waals surface area contributed by atoms with Crippen LogP contribution in [0, 0.1) is 0 Å². The highest BCUT2D eigenvalue weighted by atomic mass is 32.2. The molecule has 0 amide bonds. The van der Waals surface area contributed by atoms with E-state index in [1.54, 1.807) is 42.5 Å². The molecule has 2 aliphatic heterocycles. The van der Waals surface area contributed by atoms with Gasteiger partial charge in [0, 0.05) is 54.3 Å². The molecule has 4 aromatic rings. The molecule has 3 N–H and O–H groups in total. The SMILES string of the molecule is CC.O=C(O)c1cc(NS(=O)[O-])c(Oc2ccccc2)c(N2CCCC2)c1.O=Cc1cc(NS(=O)[O-])c(Oc2ccccc2)c(N2CCCC2)c1. The topological polar surface area (TPSA) is 184 Å². The Balaban J connectivity index is 0.000000218. The number of carboxylic acid groups (broad SMARTS) is 1. The molecule has 4 aromatic carbocycles. The zero-order valence-corrected chi connectivity index (χ0v) is 29.9. The Morgan fingerprint density at radius 1 is 0.706 bits per heavy atom. The van der Waals surface area contributed by atoms with Crippen LogP contribution in [-0.2, 0) is 22.5 Å². The molecule has 2 unspecified atom stereocenters. The number of hydrogen-bond donors (Lipinski definition) is 3. The van der Waals surface area contributed by atoms with Crippen molar-refractivity contribution in [2.75, 3.05) is 45.4 Å². The molecule has 272 valence electrons. The maximum atomic E-state index is 11.4. The summed E-state index contributed by atoms with van der Waals surface area (Å²) in [6, 6.07) is 24.0. The molecule has 2 saturated heterocycles. The molecule has 2 fully saturated rings. The van der Waals surface area contributed by atoms with Crippen LogP contribution in [-0.4, -0.2) is 61.1 Å². The molecule has 0 aromatic heterocycles. The number of para-hydroxylation sites is 2. The lowest BCUT2D eigenvalue weighted by Gasteiger charge is -2.24. The minimum atomic E-state index is -2.61. The normalized spacial score (nSPS) is 14.6. The second kappa shape index (κ2) is 19.4. The number of aromatic carboxylic acids is 1. The van der Waals surface area contributed by atoms with Crippen molar-refractivity contribution in [3.8, 4) is 23.0 Å². The van der Waals surface area contributed by atoms with Crippen molar-refractivity contribution in [1.82, 2.24) is 0 Å². The number of anilines is 4. The molecule has 0 saturated carbocycles. The van der Waals surface area contributed by atoms with Gasteiger partial charge in [0.2, 0.25) is 0 Å². The largest absolute Gasteiger partial charge is 0.755 e. The van der Waals surface area contributed by atoms with E-state index in [0.29, 0.717) is 46.2 Å². The highest BCUT2D eigenvalue weighted by molar-refractivity contribution is 7.80. The van der Waals surface area contributed by atoms with Gasteiger partial charge in [-0.05, 0) is 74.2 Å². The molecule has 0 aliphatic carbocycles. The van der Waals surface area contributed by atoms with Crippen molar-refractivity contribution >= 4 is 57.5 Å². The first-order valence-electron chi connectivity index (χ1n) is 16.4. The number of hydrogen-bond acceptors (Lipinski definition) is 10. The van der Waals surface area contributed by atoms with Gasteiger partial charge in [0.1, 0.15) is 17.8 Å². The molecule has 0 spiro atoms. The van der Waals surface area contributed by atoms with Crippen molar-refractivity contribution in [2.45, 2.75) is 39.5 Å². The summed E-state index contributed by atoms with van der Waals surface area (Å²) in [5.74, 6) is 0.689. The lowest BCUT2D eigenvalue weighted by molar-refractivity contribution is 0.0696. The van der Waals surface area contributed by atoms with E-state index in [9.17, 15) is 32.2 Å². The highest BCUT2D eigenvalue weighted by Gasteiger charge is 2.24. The molecule has 2 aliphatic rings. The van der Waals surface area contributed by atoms with E-state index < -0.39 is 28.5 Å². The minimum Gasteiger partial charge on any atom is -0.755 e. The van der Waals surface area contributed by atoms with E-state index >= 15 is 0 Å². The van der Waals surface area contributed by atoms with Crippen molar-refractivity contribution in [3.63, 3.8) is 0 Å². The van der Waals surface area contributed by atoms with Gasteiger partial charge in [-0.3, -0.25) is 13.2 Å². The lowest BCUT2D eigenvalue weighted by Crippen LogP contribution is -2.20. The first-order valence-corrected chi connectivity index (χ1v) is 18.6. The monoisotopic (exact) mass is 736 g/mol. The summed E-state index contributed by atoms with van der Waals surface area (Å²) in [6.45, 7) is 7.20. The van der Waals surface area contributed by atoms with Crippen LogP contribution in [0.4, 0.5) is 22.7 Å². The average molecular weight is 737 g/mol. The zero-order chi connectivity index (χ0) is 36.8. The zero-order valence-electron chi connectivity index (χ0n) is 28.2. The van der Waals surface area contributed by atoms with Crippen molar-refractivity contribution in [3.05, 3.63) is 96.1 Å². The summed E-state index contributed by atoms with van der Waals surface area (Å²) in [6.07, 6.45) is 4.76. The van der Waals surface area contributed by atoms with Gasteiger partial charge in [-0.15, -0.1) is 0 Å². The molecular weight excluding hydrogens is 697 g/mol. The Hall–Kier alpha value is -4.96. The molecule has 13 nitrogen and oxygen atoms in total. The van der Waals surface area contributed by atoms with E-state index in [1.807, 2.05) is 43.0 Å². The Bertz CT molecular complexity index is 1800. The second-order valence-corrected chi connectivity index (χ2v) is 12.5. The second-order valence-electron chi connectivity index (χ2n) is 11.1. The maximum Gasteiger partial charge on any atom is 0.335 e. The average Bonchev–Trinajstić information content (AvgIpc) is 3.87. The van der Waals surface area contributed by atoms with Gasteiger partial charge in [-0.1, -0.05) is 50.2 Å². The Labute approximate surface area is 302 Å². The van der Waals surface area contributed by atoms with Crippen LogP contribution in [0.3, 0.4) is 0 Å². The Morgan fingerprint density at radius 3 is 1.51 bits per heavy atom. The lowest BCUT2D eigenvalue weighted by atomic mass is 10.1. The molecular formula is C36H40N4O9S2-2. The first-order chi connectivity index (χ1) is 24.7. The number of aldehydes is 1. The van der Waals surface area contributed by atoms with Crippen molar-refractivity contribution in [2.24, 2.45) is 0 Å². The minimum absolute atomic E-state index is 0.00439. The van der Waals surface area contributed by atoms with Crippen LogP contribution in [0.2, 0.25) is 0 Å². The summed E-state index contributed by atoms with van der Waals surface area (Å²) in [5, 5.41) is 9.35. The fourth-order valence-corrected chi connectivity index (χ4v) is 6.25. The molecule has 2 atom stereocenters. The predicted octanol–water partition coefficient (Wildman–Crippen LogP) is 7.11. The molecule has 0 bridgehead atoms. The van der Waals surface area contributed by atoms with Crippen LogP contribution in [0.5, 0.6) is 23.0 Å². The molecule has 2 heterocycles. The third-order valence-electron chi connectivity index (χ3n) is 7.75. The Morgan fingerprint density at radius 2 is 1.12 bits per heavy atom. The van der Waals surface area contributed by atoms with E-state index in [0.717, 1.165) is 51.9 Å². The van der Waals surface area contributed by atoms with E-state index in [-0.39, 0.29) is 16.9 Å². The molecule has 15 heteroatoms. The van der Waals surface area contributed by atoms with Crippen LogP contribution in [0.15, 0.2) is 84.9 Å². The van der Waals surface area contributed by atoms with Gasteiger partial charge < -0.3 is 42.9 Å². The smallest absolute Gasteiger partial charge is 0.335 e. The van der Waals surface area contributed by atoms with Crippen LogP contribution in [0.1, 0.15) is 60.2 Å². The number of nitrogens with zero attached hydrogens (tertiary/aromatic N) is 2. The quantitative estimate of drug-likeness (QED) is 0.0995. The van der Waals surface area contributed by atoms with Crippen LogP contribution >= 0.6 is 0 Å². The number of ether oxygens (including phenoxy) is 2. The molecule has 51 heavy (non-hydrogen) atoms. The van der Waals surface area contributed by atoms with Gasteiger partial charge in [0.25, 0.3) is 0 Å². The summed E-state index contributed by atoms with van der Waals surface area (Å²) < 4.78 is 61.1. The number of carbonyl (C=O) groups is 2. The summed E-state index contributed by atoms with van der Waals surface area (Å²) in [4.78, 5) is 26.8. The van der Waals surface area contributed by atoms with Gasteiger partial charge in [-0.25, -0.2) is 4.79 Å². The number of nitrogens with one attached hydrogen (secondary N) is 2. The van der Waals surface area contributed by atoms with Gasteiger partial charge in [-0.2, -0.15) is 0 Å². The highest BCUT2D eigenvalue weighted by Crippen LogP contribution is 2.43. The van der Waals surface area contributed by atoms with Gasteiger partial charge in [0.15, 0.2) is 11.5 Å². The van der Waals surface area contributed by atoms with Crippen LogP contribution < -0.4 is 28.7 Å². The van der Waals surface area contributed by atoms with Crippen LogP contribution in [0.25, 0.3) is 0 Å². The third-order valence-corrected chi connectivity index (χ3v) is 8.52. The fraction of sp³-hybridized carbons (Fsp3) is 0.278. The standard InChI is InChI=1S/C17H18N2O5S.C17H18N2O4S.C2H6/c20-17(21)12-10-14(18-25(22)23)16(24-13-6-2-1-3-7-13)15(11-12)19-8-4-5-9-19;20-12-13-10-15(18-24(21)22)17(23-14-6-2-1-3-7-14)16(11-13)19-8-4-5-9-19;1-2/h1-3,6-7,10-11,18H,4-5,8-9H2,(H,20,21)(H,22,23);1-3,6-7,10-12,18H,4-5,8-9H2,(H,21,22);1-2H3/p-2. The summed E-state index contributed by atoms with van der Waals surface area (Å²) in [5.41, 5.74) is 2.02. The van der Waals surface area contributed by atoms with Gasteiger partial charge in [0.05, 0.1) is 28.3 Å². The number of rotatable bonds is 12. The van der Waals surface area contributed by atoms with Crippen molar-refractivity contribution in [1.29, 1.82) is 0 Å². The maximum absolute atomic E-state index is 11.4. The number of carbonyl (C=O) groups excluding carboxylic acids is 1.